The van der Waals surface area contributed by atoms with Gasteiger partial charge in [-0.2, -0.15) is 0 Å². The van der Waals surface area contributed by atoms with Crippen molar-refractivity contribution >= 4 is 12.0 Å². The van der Waals surface area contributed by atoms with Crippen molar-refractivity contribution in [3.05, 3.63) is 11.6 Å². The summed E-state index contributed by atoms with van der Waals surface area (Å²) in [5.74, 6) is 0.966. The quantitative estimate of drug-likeness (QED) is 0.220. The van der Waals surface area contributed by atoms with Crippen molar-refractivity contribution in [3.63, 3.8) is 0 Å². The molecule has 0 bridgehead atoms. The summed E-state index contributed by atoms with van der Waals surface area (Å²) in [5, 5.41) is 0. The van der Waals surface area contributed by atoms with Crippen molar-refractivity contribution in [1.29, 1.82) is 0 Å². The molecular formula is C15H24N2O3. The predicted molar refractivity (Wildman–Crippen MR) is 76.6 cm³/mol. The van der Waals surface area contributed by atoms with E-state index in [0.29, 0.717) is 31.4 Å². The number of allylic oxidation sites excluding steroid dienone is 1. The van der Waals surface area contributed by atoms with Crippen LogP contribution in [0.25, 0.3) is 0 Å². The molecule has 112 valence electrons. The van der Waals surface area contributed by atoms with E-state index in [1.54, 1.807) is 13.0 Å². The van der Waals surface area contributed by atoms with E-state index in [0.717, 1.165) is 12.8 Å². The number of rotatable bonds is 10. The Morgan fingerprint density at radius 3 is 2.90 bits per heavy atom. The Morgan fingerprint density at radius 1 is 1.55 bits per heavy atom. The second-order valence-electron chi connectivity index (χ2n) is 5.32. The maximum absolute atomic E-state index is 11.0. The second kappa shape index (κ2) is 9.45. The second-order valence-corrected chi connectivity index (χ2v) is 5.32. The van der Waals surface area contributed by atoms with Crippen LogP contribution in [0.3, 0.4) is 0 Å². The van der Waals surface area contributed by atoms with E-state index >= 15 is 0 Å². The number of amides is 1. The van der Waals surface area contributed by atoms with Gasteiger partial charge < -0.3 is 0 Å². The summed E-state index contributed by atoms with van der Waals surface area (Å²) in [7, 11) is 0. The van der Waals surface area contributed by atoms with Gasteiger partial charge in [-0.15, -0.1) is 0 Å². The van der Waals surface area contributed by atoms with Crippen LogP contribution >= 0.6 is 0 Å². The highest BCUT2D eigenvalue weighted by atomic mass is 16.6. The summed E-state index contributed by atoms with van der Waals surface area (Å²) in [6.45, 7) is 4.83. The zero-order valence-corrected chi connectivity index (χ0v) is 12.4. The lowest BCUT2D eigenvalue weighted by atomic mass is 9.98. The number of hydrogen-bond donors (Lipinski definition) is 1. The van der Waals surface area contributed by atoms with Crippen LogP contribution < -0.4 is 5.48 Å². The van der Waals surface area contributed by atoms with E-state index in [4.69, 9.17) is 4.84 Å². The van der Waals surface area contributed by atoms with Gasteiger partial charge in [0.2, 0.25) is 12.0 Å². The SMILES string of the molecule is CCC(=O)NOC/C=C(/CC[C@H](C)CN=C=O)C1CC1. The fourth-order valence-corrected chi connectivity index (χ4v) is 1.97. The Labute approximate surface area is 120 Å². The summed E-state index contributed by atoms with van der Waals surface area (Å²) >= 11 is 0. The lowest BCUT2D eigenvalue weighted by molar-refractivity contribution is -0.132. The molecule has 1 amide bonds. The van der Waals surface area contributed by atoms with Crippen molar-refractivity contribution in [2.75, 3.05) is 13.2 Å². The average Bonchev–Trinajstić information content (AvgIpc) is 3.28. The molecule has 0 aromatic carbocycles. The van der Waals surface area contributed by atoms with Crippen molar-refractivity contribution in [2.45, 2.75) is 46.0 Å². The summed E-state index contributed by atoms with van der Waals surface area (Å²) in [6, 6.07) is 0. The largest absolute Gasteiger partial charge is 0.273 e. The molecule has 1 aliphatic carbocycles. The van der Waals surface area contributed by atoms with Crippen molar-refractivity contribution in [1.82, 2.24) is 5.48 Å². The number of nitrogens with zero attached hydrogens (tertiary/aromatic N) is 1. The van der Waals surface area contributed by atoms with Gasteiger partial charge >= 0.3 is 0 Å². The van der Waals surface area contributed by atoms with E-state index in [-0.39, 0.29) is 5.91 Å². The third kappa shape index (κ3) is 7.22. The number of nitrogens with one attached hydrogen (secondary N) is 1. The molecule has 20 heavy (non-hydrogen) atoms. The molecule has 1 atom stereocenters. The maximum Gasteiger partial charge on any atom is 0.243 e. The molecule has 1 rings (SSSR count). The molecule has 1 fully saturated rings. The molecule has 5 heteroatoms. The van der Waals surface area contributed by atoms with Gasteiger partial charge in [-0.3, -0.25) is 9.63 Å². The molecule has 0 radical (unpaired) electrons. The molecule has 0 spiro atoms. The van der Waals surface area contributed by atoms with Gasteiger partial charge in [0.25, 0.3) is 0 Å². The number of carbonyl (C=O) groups is 1. The van der Waals surface area contributed by atoms with Crippen LogP contribution in [-0.4, -0.2) is 25.1 Å². The van der Waals surface area contributed by atoms with Gasteiger partial charge in [-0.25, -0.2) is 15.3 Å². The first-order valence-corrected chi connectivity index (χ1v) is 7.30. The summed E-state index contributed by atoms with van der Waals surface area (Å²) in [6.07, 6.45) is 8.58. The topological polar surface area (TPSA) is 67.8 Å². The Bertz CT molecular complexity index is 383. The summed E-state index contributed by atoms with van der Waals surface area (Å²) < 4.78 is 0. The van der Waals surface area contributed by atoms with Gasteiger partial charge in [0.05, 0.1) is 13.2 Å². The monoisotopic (exact) mass is 280 g/mol. The molecular weight excluding hydrogens is 256 g/mol. The molecule has 0 unspecified atom stereocenters. The predicted octanol–water partition coefficient (Wildman–Crippen LogP) is 2.53. The highest BCUT2D eigenvalue weighted by Crippen LogP contribution is 2.39. The van der Waals surface area contributed by atoms with Crippen LogP contribution in [0.15, 0.2) is 16.6 Å². The highest BCUT2D eigenvalue weighted by molar-refractivity contribution is 5.74. The molecule has 0 aromatic rings. The molecule has 1 aliphatic rings. The minimum Gasteiger partial charge on any atom is -0.273 e. The molecule has 5 nitrogen and oxygen atoms in total. The first-order valence-electron chi connectivity index (χ1n) is 7.30. The van der Waals surface area contributed by atoms with Crippen LogP contribution in [0.2, 0.25) is 0 Å². The number of aliphatic imine (C=N–C) groups is 1. The summed E-state index contributed by atoms with van der Waals surface area (Å²) in [4.78, 5) is 29.8. The first-order chi connectivity index (χ1) is 9.67. The van der Waals surface area contributed by atoms with E-state index in [1.165, 1.54) is 18.4 Å². The van der Waals surface area contributed by atoms with Crippen LogP contribution in [0.5, 0.6) is 0 Å². The van der Waals surface area contributed by atoms with E-state index in [9.17, 15) is 9.59 Å². The van der Waals surface area contributed by atoms with Gasteiger partial charge in [-0.05, 0) is 37.5 Å². The fraction of sp³-hybridized carbons (Fsp3) is 0.733. The smallest absolute Gasteiger partial charge is 0.243 e. The third-order valence-corrected chi connectivity index (χ3v) is 3.43. The number of hydrogen-bond acceptors (Lipinski definition) is 4. The lowest BCUT2D eigenvalue weighted by Crippen LogP contribution is -2.22. The minimum atomic E-state index is -0.105. The number of carbonyl (C=O) groups excluding carboxylic acids is 2. The molecule has 0 aliphatic heterocycles. The van der Waals surface area contributed by atoms with Crippen LogP contribution in [0, 0.1) is 11.8 Å². The van der Waals surface area contributed by atoms with Crippen LogP contribution in [0.1, 0.15) is 46.0 Å². The minimum absolute atomic E-state index is 0.105. The first kappa shape index (κ1) is 16.6. The van der Waals surface area contributed by atoms with Crippen molar-refractivity contribution < 1.29 is 14.4 Å². The molecule has 0 saturated heterocycles. The van der Waals surface area contributed by atoms with Crippen LogP contribution in [0.4, 0.5) is 0 Å². The molecule has 1 N–H and O–H groups in total. The van der Waals surface area contributed by atoms with E-state index in [2.05, 4.69) is 23.5 Å². The standard InChI is InChI=1S/C15H24N2O3/c1-3-15(19)17-20-9-8-14(13-6-7-13)5-4-12(2)10-16-11-18/h8,12-13H,3-7,9-10H2,1-2H3,(H,17,19)/b14-8-/t12-/m0/s1. The molecule has 1 saturated carbocycles. The zero-order chi connectivity index (χ0) is 14.8. The molecule has 0 heterocycles. The van der Waals surface area contributed by atoms with Gasteiger partial charge in [0, 0.05) is 6.42 Å². The third-order valence-electron chi connectivity index (χ3n) is 3.43. The molecule has 0 aromatic heterocycles. The van der Waals surface area contributed by atoms with E-state index in [1.807, 2.05) is 0 Å². The van der Waals surface area contributed by atoms with Gasteiger partial charge in [0.15, 0.2) is 0 Å². The van der Waals surface area contributed by atoms with E-state index < -0.39 is 0 Å². The fourth-order valence-electron chi connectivity index (χ4n) is 1.97. The summed E-state index contributed by atoms with van der Waals surface area (Å²) in [5.41, 5.74) is 3.80. The maximum atomic E-state index is 11.0. The Balaban J connectivity index is 2.29. The van der Waals surface area contributed by atoms with Crippen molar-refractivity contribution in [3.8, 4) is 0 Å². The zero-order valence-electron chi connectivity index (χ0n) is 12.4. The Hall–Kier alpha value is -1.45. The van der Waals surface area contributed by atoms with Gasteiger partial charge in [-0.1, -0.05) is 25.5 Å². The highest BCUT2D eigenvalue weighted by Gasteiger charge is 2.25. The Kier molecular flexibility index (Phi) is 7.85. The lowest BCUT2D eigenvalue weighted by Gasteiger charge is -2.10. The van der Waals surface area contributed by atoms with Gasteiger partial charge in [0.1, 0.15) is 0 Å². The number of isocyanates is 1. The number of hydroxylamine groups is 1. The van der Waals surface area contributed by atoms with Crippen molar-refractivity contribution in [2.24, 2.45) is 16.8 Å². The Morgan fingerprint density at radius 2 is 2.30 bits per heavy atom. The normalized spacial score (nSPS) is 16.4. The average molecular weight is 280 g/mol. The van der Waals surface area contributed by atoms with Crippen LogP contribution in [-0.2, 0) is 14.4 Å².